The van der Waals surface area contributed by atoms with E-state index in [1.807, 2.05) is 10.8 Å². The van der Waals surface area contributed by atoms with Crippen molar-refractivity contribution in [3.63, 3.8) is 0 Å². The second-order valence-corrected chi connectivity index (χ2v) is 7.38. The zero-order valence-electron chi connectivity index (χ0n) is 13.9. The third kappa shape index (κ3) is 6.61. The third-order valence-corrected chi connectivity index (χ3v) is 5.06. The molecule has 0 saturated heterocycles. The summed E-state index contributed by atoms with van der Waals surface area (Å²) >= 11 is 6.88. The van der Waals surface area contributed by atoms with Gasteiger partial charge in [0.2, 0.25) is 4.38 Å². The number of rotatable bonds is 9. The van der Waals surface area contributed by atoms with Crippen LogP contribution in [0.25, 0.3) is 0 Å². The second-order valence-electron chi connectivity index (χ2n) is 5.58. The molecule has 0 spiro atoms. The van der Waals surface area contributed by atoms with Crippen LogP contribution in [0, 0.1) is 5.82 Å². The van der Waals surface area contributed by atoms with Crippen molar-refractivity contribution in [1.29, 1.82) is 0 Å². The summed E-state index contributed by atoms with van der Waals surface area (Å²) in [6.07, 6.45) is 10.0. The number of aromatic nitrogens is 2. The smallest absolute Gasteiger partial charge is 0.220 e. The Hall–Kier alpha value is -1.40. The summed E-state index contributed by atoms with van der Waals surface area (Å²) in [5.74, 6) is -0.236. The zero-order chi connectivity index (χ0) is 17.2. The maximum absolute atomic E-state index is 13.2. The van der Waals surface area contributed by atoms with Crippen LogP contribution < -0.4 is 0 Å². The van der Waals surface area contributed by atoms with Gasteiger partial charge in [-0.1, -0.05) is 50.1 Å². The third-order valence-electron chi connectivity index (χ3n) is 3.63. The Bertz CT molecular complexity index is 602. The van der Waals surface area contributed by atoms with Gasteiger partial charge in [-0.15, -0.1) is 0 Å². The van der Waals surface area contributed by atoms with Crippen LogP contribution in [0.15, 0.2) is 43.0 Å². The predicted molar refractivity (Wildman–Crippen MR) is 102 cm³/mol. The molecule has 2 aromatic rings. The molecule has 0 radical (unpaired) electrons. The van der Waals surface area contributed by atoms with Gasteiger partial charge in [-0.05, 0) is 36.3 Å². The van der Waals surface area contributed by atoms with Gasteiger partial charge in [0.25, 0.3) is 0 Å². The Morgan fingerprint density at radius 1 is 1.29 bits per heavy atom. The average Bonchev–Trinajstić information content (AvgIpc) is 3.08. The van der Waals surface area contributed by atoms with Gasteiger partial charge in [0.1, 0.15) is 5.82 Å². The second kappa shape index (κ2) is 10.5. The molecule has 130 valence electrons. The van der Waals surface area contributed by atoms with Crippen LogP contribution in [0.2, 0.25) is 0 Å². The maximum Gasteiger partial charge on any atom is 0.220 e. The Kier molecular flexibility index (Phi) is 8.25. The average molecular weight is 367 g/mol. The molecular weight excluding hydrogens is 343 g/mol. The van der Waals surface area contributed by atoms with Crippen LogP contribution >= 0.6 is 24.0 Å². The Morgan fingerprint density at radius 3 is 2.75 bits per heavy atom. The number of thioether (sulfide) groups is 1. The summed E-state index contributed by atoms with van der Waals surface area (Å²) in [5, 5.41) is 0.0583. The predicted octanol–water partition coefficient (Wildman–Crippen LogP) is 5.38. The summed E-state index contributed by atoms with van der Waals surface area (Å²) in [6, 6.07) is 6.55. The molecule has 0 aliphatic rings. The Labute approximate surface area is 152 Å². The summed E-state index contributed by atoms with van der Waals surface area (Å²) < 4.78 is 21.4. The van der Waals surface area contributed by atoms with Crippen molar-refractivity contribution in [2.24, 2.45) is 0 Å². The van der Waals surface area contributed by atoms with Gasteiger partial charge in [0.05, 0.1) is 18.2 Å². The Balaban J connectivity index is 1.92. The standard InChI is InChI=1S/C18H23FN2OS2/c1-2-3-4-5-12-22-18(23)24-17(13-21-11-10-20-14-21)15-6-8-16(19)9-7-15/h6-11,14,17H,2-5,12-13H2,1H3. The van der Waals surface area contributed by atoms with E-state index < -0.39 is 0 Å². The fourth-order valence-corrected chi connectivity index (χ4v) is 3.66. The highest BCUT2D eigenvalue weighted by Crippen LogP contribution is 2.32. The zero-order valence-corrected chi connectivity index (χ0v) is 15.5. The molecule has 6 heteroatoms. The van der Waals surface area contributed by atoms with E-state index in [-0.39, 0.29) is 11.1 Å². The lowest BCUT2D eigenvalue weighted by Gasteiger charge is -2.18. The van der Waals surface area contributed by atoms with Gasteiger partial charge >= 0.3 is 0 Å². The van der Waals surface area contributed by atoms with E-state index in [2.05, 4.69) is 11.9 Å². The summed E-state index contributed by atoms with van der Waals surface area (Å²) in [7, 11) is 0. The van der Waals surface area contributed by atoms with E-state index in [1.54, 1.807) is 24.7 Å². The number of ether oxygens (including phenoxy) is 1. The van der Waals surface area contributed by atoms with Crippen molar-refractivity contribution in [2.45, 2.75) is 44.4 Å². The molecule has 1 atom stereocenters. The van der Waals surface area contributed by atoms with Crippen LogP contribution in [0.1, 0.15) is 43.4 Å². The largest absolute Gasteiger partial charge is 0.479 e. The molecule has 1 unspecified atom stereocenters. The molecule has 2 rings (SSSR count). The summed E-state index contributed by atoms with van der Waals surface area (Å²) in [4.78, 5) is 4.07. The number of thiocarbonyl (C=S) groups is 1. The number of nitrogens with zero attached hydrogens (tertiary/aromatic N) is 2. The highest BCUT2D eigenvalue weighted by atomic mass is 32.2. The van der Waals surface area contributed by atoms with Crippen LogP contribution in [0.5, 0.6) is 0 Å². The minimum atomic E-state index is -0.236. The first-order chi connectivity index (χ1) is 11.7. The molecular formula is C18H23FN2OS2. The molecule has 3 nitrogen and oxygen atoms in total. The number of hydrogen-bond acceptors (Lipinski definition) is 4. The highest BCUT2D eigenvalue weighted by molar-refractivity contribution is 8.22. The van der Waals surface area contributed by atoms with Gasteiger partial charge in [0.15, 0.2) is 0 Å². The van der Waals surface area contributed by atoms with E-state index >= 15 is 0 Å². The number of hydrogen-bond donors (Lipinski definition) is 0. The molecule has 0 aliphatic heterocycles. The molecule has 1 heterocycles. The summed E-state index contributed by atoms with van der Waals surface area (Å²) in [6.45, 7) is 3.55. The Morgan fingerprint density at radius 2 is 2.08 bits per heavy atom. The van der Waals surface area contributed by atoms with E-state index in [4.69, 9.17) is 17.0 Å². The summed E-state index contributed by atoms with van der Waals surface area (Å²) in [5.41, 5.74) is 1.02. The number of halogens is 1. The van der Waals surface area contributed by atoms with E-state index in [0.29, 0.717) is 17.5 Å². The van der Waals surface area contributed by atoms with Crippen LogP contribution in [-0.2, 0) is 11.3 Å². The van der Waals surface area contributed by atoms with Gasteiger partial charge in [-0.25, -0.2) is 9.37 Å². The van der Waals surface area contributed by atoms with Crippen molar-refractivity contribution in [3.8, 4) is 0 Å². The van der Waals surface area contributed by atoms with E-state index in [1.165, 1.54) is 43.2 Å². The quantitative estimate of drug-likeness (QED) is 0.440. The first-order valence-corrected chi connectivity index (χ1v) is 9.52. The maximum atomic E-state index is 13.2. The minimum absolute atomic E-state index is 0.0583. The SMILES string of the molecule is CCCCCCOC(=S)SC(Cn1ccnc1)c1ccc(F)cc1. The first kappa shape index (κ1) is 18.9. The van der Waals surface area contributed by atoms with Crippen LogP contribution in [-0.4, -0.2) is 20.5 Å². The minimum Gasteiger partial charge on any atom is -0.479 e. The van der Waals surface area contributed by atoms with Gasteiger partial charge in [0, 0.05) is 18.9 Å². The van der Waals surface area contributed by atoms with Crippen molar-refractivity contribution in [1.82, 2.24) is 9.55 Å². The van der Waals surface area contributed by atoms with Gasteiger partial charge in [-0.2, -0.15) is 0 Å². The lowest BCUT2D eigenvalue weighted by molar-refractivity contribution is 0.308. The van der Waals surface area contributed by atoms with Crippen LogP contribution in [0.3, 0.4) is 0 Å². The first-order valence-electron chi connectivity index (χ1n) is 8.23. The van der Waals surface area contributed by atoms with Crippen molar-refractivity contribution in [3.05, 3.63) is 54.4 Å². The molecule has 1 aromatic carbocycles. The number of unbranched alkanes of at least 4 members (excludes halogenated alkanes) is 3. The van der Waals surface area contributed by atoms with Gasteiger partial charge in [-0.3, -0.25) is 0 Å². The number of imidazole rings is 1. The number of benzene rings is 1. The molecule has 0 N–H and O–H groups in total. The topological polar surface area (TPSA) is 27.1 Å². The van der Waals surface area contributed by atoms with Crippen molar-refractivity contribution >= 4 is 28.4 Å². The molecule has 1 aromatic heterocycles. The van der Waals surface area contributed by atoms with Crippen molar-refractivity contribution < 1.29 is 9.13 Å². The highest BCUT2D eigenvalue weighted by Gasteiger charge is 2.16. The monoisotopic (exact) mass is 366 g/mol. The van der Waals surface area contributed by atoms with E-state index in [0.717, 1.165) is 12.0 Å². The molecule has 0 saturated carbocycles. The molecule has 0 bridgehead atoms. The van der Waals surface area contributed by atoms with Crippen LogP contribution in [0.4, 0.5) is 4.39 Å². The lowest BCUT2D eigenvalue weighted by Crippen LogP contribution is -2.09. The fourth-order valence-electron chi connectivity index (χ4n) is 2.31. The fraction of sp³-hybridized carbons (Fsp3) is 0.444. The molecule has 0 aliphatic carbocycles. The van der Waals surface area contributed by atoms with Gasteiger partial charge < -0.3 is 9.30 Å². The van der Waals surface area contributed by atoms with Crippen molar-refractivity contribution in [2.75, 3.05) is 6.61 Å². The normalized spacial score (nSPS) is 12.1. The lowest BCUT2D eigenvalue weighted by atomic mass is 10.1. The molecule has 0 fully saturated rings. The van der Waals surface area contributed by atoms with E-state index in [9.17, 15) is 4.39 Å². The molecule has 24 heavy (non-hydrogen) atoms. The molecule has 0 amide bonds.